The fourth-order valence-corrected chi connectivity index (χ4v) is 5.98. The van der Waals surface area contributed by atoms with Gasteiger partial charge in [-0.25, -0.2) is 0 Å². The molecule has 1 saturated carbocycles. The summed E-state index contributed by atoms with van der Waals surface area (Å²) in [4.78, 5) is 13.1. The predicted molar refractivity (Wildman–Crippen MR) is 106 cm³/mol. The molecular formula is C23H36O4. The Hall–Kier alpha value is -1.13. The summed E-state index contributed by atoms with van der Waals surface area (Å²) in [5.41, 5.74) is 4.15. The molecule has 3 atom stereocenters. The minimum atomic E-state index is -0.813. The fourth-order valence-electron chi connectivity index (χ4n) is 5.98. The number of ether oxygens (including phenoxy) is 1. The van der Waals surface area contributed by atoms with Gasteiger partial charge in [-0.2, -0.15) is 0 Å². The van der Waals surface area contributed by atoms with Crippen molar-refractivity contribution in [3.63, 3.8) is 0 Å². The molecule has 3 aliphatic carbocycles. The van der Waals surface area contributed by atoms with Crippen LogP contribution in [-0.2, 0) is 9.53 Å². The van der Waals surface area contributed by atoms with Gasteiger partial charge in [-0.05, 0) is 68.3 Å². The van der Waals surface area contributed by atoms with E-state index in [1.54, 1.807) is 11.1 Å². The summed E-state index contributed by atoms with van der Waals surface area (Å²) in [6.07, 6.45) is 8.90. The molecule has 3 aliphatic rings. The van der Waals surface area contributed by atoms with Crippen molar-refractivity contribution in [3.8, 4) is 0 Å². The molecular weight excluding hydrogens is 340 g/mol. The van der Waals surface area contributed by atoms with Crippen molar-refractivity contribution in [1.82, 2.24) is 0 Å². The van der Waals surface area contributed by atoms with E-state index >= 15 is 0 Å². The molecule has 0 radical (unpaired) electrons. The molecule has 0 heterocycles. The summed E-state index contributed by atoms with van der Waals surface area (Å²) < 4.78 is 5.50. The molecule has 0 aromatic carbocycles. The van der Waals surface area contributed by atoms with Crippen LogP contribution in [0.3, 0.4) is 0 Å². The van der Waals surface area contributed by atoms with Gasteiger partial charge in [-0.3, -0.25) is 4.79 Å². The molecule has 0 aliphatic heterocycles. The van der Waals surface area contributed by atoms with Gasteiger partial charge < -0.3 is 14.9 Å². The predicted octanol–water partition coefficient (Wildman–Crippen LogP) is 4.16. The highest BCUT2D eigenvalue weighted by molar-refractivity contribution is 5.77. The first-order chi connectivity index (χ1) is 12.8. The zero-order valence-electron chi connectivity index (χ0n) is 17.4. The van der Waals surface area contributed by atoms with Crippen LogP contribution in [0.2, 0.25) is 0 Å². The van der Waals surface area contributed by atoms with Gasteiger partial charge in [0.05, 0.1) is 18.6 Å². The van der Waals surface area contributed by atoms with Crippen LogP contribution in [0, 0.1) is 22.7 Å². The van der Waals surface area contributed by atoms with Crippen LogP contribution in [-0.4, -0.2) is 35.5 Å². The van der Waals surface area contributed by atoms with E-state index in [1.165, 1.54) is 5.57 Å². The highest BCUT2D eigenvalue weighted by Gasteiger charge is 2.56. The Kier molecular flexibility index (Phi) is 5.88. The van der Waals surface area contributed by atoms with Crippen molar-refractivity contribution >= 4 is 5.97 Å². The Labute approximate surface area is 163 Å². The lowest BCUT2D eigenvalue weighted by Crippen LogP contribution is -2.52. The zero-order chi connectivity index (χ0) is 19.8. The lowest BCUT2D eigenvalue weighted by Gasteiger charge is -2.55. The maximum absolute atomic E-state index is 13.1. The molecule has 0 aromatic rings. The van der Waals surface area contributed by atoms with Gasteiger partial charge in [0.1, 0.15) is 6.10 Å². The van der Waals surface area contributed by atoms with E-state index in [0.717, 1.165) is 44.9 Å². The van der Waals surface area contributed by atoms with Crippen molar-refractivity contribution in [2.75, 3.05) is 13.2 Å². The smallest absolute Gasteiger partial charge is 0.312 e. The SMILES string of the molecule is CC(C)C1=CC2=C(CC1)[C@@]1(C)CCC[C@@](C)(C(=O)OC(CO)CO)[C@@H]1CC2. The van der Waals surface area contributed by atoms with E-state index in [1.807, 2.05) is 6.92 Å². The molecule has 0 saturated heterocycles. The second kappa shape index (κ2) is 7.71. The summed E-state index contributed by atoms with van der Waals surface area (Å²) >= 11 is 0. The lowest BCUT2D eigenvalue weighted by molar-refractivity contribution is -0.176. The Bertz CT molecular complexity index is 643. The molecule has 0 bridgehead atoms. The Morgan fingerprint density at radius 3 is 2.52 bits per heavy atom. The summed E-state index contributed by atoms with van der Waals surface area (Å²) in [6.45, 7) is 8.29. The molecule has 4 heteroatoms. The molecule has 0 unspecified atom stereocenters. The Balaban J connectivity index is 1.91. The number of aliphatic hydroxyl groups is 2. The quantitative estimate of drug-likeness (QED) is 0.707. The van der Waals surface area contributed by atoms with Crippen molar-refractivity contribution in [2.45, 2.75) is 78.7 Å². The van der Waals surface area contributed by atoms with E-state index < -0.39 is 11.5 Å². The minimum absolute atomic E-state index is 0.0482. The topological polar surface area (TPSA) is 66.8 Å². The average Bonchev–Trinajstić information content (AvgIpc) is 2.65. The monoisotopic (exact) mass is 376 g/mol. The van der Waals surface area contributed by atoms with E-state index in [0.29, 0.717) is 5.92 Å². The van der Waals surface area contributed by atoms with Crippen molar-refractivity contribution in [3.05, 3.63) is 22.8 Å². The largest absolute Gasteiger partial charge is 0.457 e. The number of carbonyl (C=O) groups excluding carboxylic acids is 1. The normalized spacial score (nSPS) is 33.6. The van der Waals surface area contributed by atoms with Crippen molar-refractivity contribution in [2.24, 2.45) is 22.7 Å². The van der Waals surface area contributed by atoms with Gasteiger partial charge >= 0.3 is 5.97 Å². The fraction of sp³-hybridized carbons (Fsp3) is 0.783. The van der Waals surface area contributed by atoms with Crippen LogP contribution >= 0.6 is 0 Å². The van der Waals surface area contributed by atoms with Crippen LogP contribution in [0.4, 0.5) is 0 Å². The molecule has 0 amide bonds. The highest BCUT2D eigenvalue weighted by atomic mass is 16.6. The third-order valence-electron chi connectivity index (χ3n) is 7.62. The third kappa shape index (κ3) is 3.51. The highest BCUT2D eigenvalue weighted by Crippen LogP contribution is 2.62. The molecule has 3 rings (SSSR count). The van der Waals surface area contributed by atoms with Crippen molar-refractivity contribution in [1.29, 1.82) is 0 Å². The van der Waals surface area contributed by atoms with Crippen LogP contribution < -0.4 is 0 Å². The molecule has 4 nitrogen and oxygen atoms in total. The number of rotatable bonds is 5. The second-order valence-electron chi connectivity index (χ2n) is 9.55. The van der Waals surface area contributed by atoms with Crippen molar-refractivity contribution < 1.29 is 19.7 Å². The number of fused-ring (bicyclic) bond motifs is 2. The van der Waals surface area contributed by atoms with Crippen LogP contribution in [0.1, 0.15) is 72.6 Å². The van der Waals surface area contributed by atoms with E-state index in [4.69, 9.17) is 4.74 Å². The number of allylic oxidation sites excluding steroid dienone is 4. The van der Waals surface area contributed by atoms with Gasteiger partial charge in [0.15, 0.2) is 0 Å². The summed E-state index contributed by atoms with van der Waals surface area (Å²) in [5.74, 6) is 0.618. The van der Waals surface area contributed by atoms with Crippen LogP contribution in [0.25, 0.3) is 0 Å². The first kappa shape index (κ1) is 20.6. The zero-order valence-corrected chi connectivity index (χ0v) is 17.4. The van der Waals surface area contributed by atoms with Gasteiger partial charge in [-0.15, -0.1) is 0 Å². The minimum Gasteiger partial charge on any atom is -0.457 e. The van der Waals surface area contributed by atoms with Crippen LogP contribution in [0.5, 0.6) is 0 Å². The summed E-state index contributed by atoms with van der Waals surface area (Å²) in [5, 5.41) is 18.6. The maximum Gasteiger partial charge on any atom is 0.312 e. The third-order valence-corrected chi connectivity index (χ3v) is 7.62. The number of aliphatic hydroxyl groups excluding tert-OH is 2. The number of hydrogen-bond donors (Lipinski definition) is 2. The average molecular weight is 377 g/mol. The van der Waals surface area contributed by atoms with E-state index in [9.17, 15) is 15.0 Å². The molecule has 2 N–H and O–H groups in total. The first-order valence-corrected chi connectivity index (χ1v) is 10.6. The van der Waals surface area contributed by atoms with E-state index in [2.05, 4.69) is 26.8 Å². The van der Waals surface area contributed by atoms with Crippen LogP contribution in [0.15, 0.2) is 22.8 Å². The number of carbonyl (C=O) groups is 1. The molecule has 27 heavy (non-hydrogen) atoms. The molecule has 0 spiro atoms. The Morgan fingerprint density at radius 1 is 1.19 bits per heavy atom. The van der Waals surface area contributed by atoms with Gasteiger partial charge in [-0.1, -0.05) is 44.4 Å². The van der Waals surface area contributed by atoms with Gasteiger partial charge in [0.2, 0.25) is 0 Å². The Morgan fingerprint density at radius 2 is 1.89 bits per heavy atom. The molecule has 152 valence electrons. The van der Waals surface area contributed by atoms with Gasteiger partial charge in [0.25, 0.3) is 0 Å². The maximum atomic E-state index is 13.1. The molecule has 1 fully saturated rings. The molecule has 0 aromatic heterocycles. The van der Waals surface area contributed by atoms with E-state index in [-0.39, 0.29) is 30.5 Å². The number of esters is 1. The number of hydrogen-bond acceptors (Lipinski definition) is 4. The lowest BCUT2D eigenvalue weighted by atomic mass is 9.48. The van der Waals surface area contributed by atoms with Gasteiger partial charge in [0, 0.05) is 0 Å². The second-order valence-corrected chi connectivity index (χ2v) is 9.55. The summed E-state index contributed by atoms with van der Waals surface area (Å²) in [6, 6.07) is 0. The first-order valence-electron chi connectivity index (χ1n) is 10.6. The summed E-state index contributed by atoms with van der Waals surface area (Å²) in [7, 11) is 0. The standard InChI is InChI=1S/C23H36O4/c1-15(2)16-6-8-19-17(12-16)7-9-20-22(19,3)10-5-11-23(20,4)21(26)27-18(13-24)14-25/h12,15,18,20,24-25H,5-11,13-14H2,1-4H3/t20-,22-,23-/m1/s1.